The largest absolute Gasteiger partial charge is 0.492 e. The number of nitrogens with two attached hydrogens (primary N) is 1. The van der Waals surface area contributed by atoms with Crippen molar-refractivity contribution >= 4 is 22.6 Å². The van der Waals surface area contributed by atoms with E-state index in [1.165, 1.54) is 24.0 Å². The summed E-state index contributed by atoms with van der Waals surface area (Å²) in [7, 11) is 0. The number of amidine groups is 1. The number of nitrogens with zero attached hydrogens (tertiary/aromatic N) is 2. The standard InChI is InChI=1S/C18H20F3N3O2S/c1-3-25-16-7-5-4-6-13(16)24-17(22)27-10-14-12(2)15(8-9-23-14)26-11-18(19,20)21/h4-9H,3,10-11H2,1-2H3,(H2,22,24). The van der Waals surface area contributed by atoms with Crippen molar-refractivity contribution in [2.24, 2.45) is 10.7 Å². The zero-order valence-corrected chi connectivity index (χ0v) is 15.7. The highest BCUT2D eigenvalue weighted by Crippen LogP contribution is 2.29. The monoisotopic (exact) mass is 399 g/mol. The number of hydrogen-bond donors (Lipinski definition) is 1. The first-order valence-corrected chi connectivity index (χ1v) is 9.11. The molecule has 0 saturated heterocycles. The Bertz CT molecular complexity index is 798. The Labute approximate surface area is 159 Å². The third-order valence-corrected chi connectivity index (χ3v) is 4.21. The molecule has 0 aliphatic carbocycles. The van der Waals surface area contributed by atoms with Crippen LogP contribution in [0.1, 0.15) is 18.2 Å². The molecule has 146 valence electrons. The van der Waals surface area contributed by atoms with E-state index in [9.17, 15) is 13.2 Å². The maximum atomic E-state index is 12.3. The van der Waals surface area contributed by atoms with Crippen molar-refractivity contribution in [3.63, 3.8) is 0 Å². The summed E-state index contributed by atoms with van der Waals surface area (Å²) >= 11 is 1.23. The summed E-state index contributed by atoms with van der Waals surface area (Å²) in [5.41, 5.74) is 7.70. The normalized spacial score (nSPS) is 12.1. The molecule has 0 bridgehead atoms. The van der Waals surface area contributed by atoms with Crippen LogP contribution in [0, 0.1) is 6.92 Å². The highest BCUT2D eigenvalue weighted by Gasteiger charge is 2.28. The molecule has 2 N–H and O–H groups in total. The van der Waals surface area contributed by atoms with Crippen LogP contribution in [0.5, 0.6) is 11.5 Å². The number of halogens is 3. The second-order valence-corrected chi connectivity index (χ2v) is 6.42. The van der Waals surface area contributed by atoms with Gasteiger partial charge in [-0.2, -0.15) is 13.2 Å². The highest BCUT2D eigenvalue weighted by atomic mass is 32.2. The molecule has 2 rings (SSSR count). The Hall–Kier alpha value is -2.42. The molecule has 1 heterocycles. The van der Waals surface area contributed by atoms with Gasteiger partial charge in [-0.3, -0.25) is 4.98 Å². The summed E-state index contributed by atoms with van der Waals surface area (Å²) in [6, 6.07) is 8.66. The van der Waals surface area contributed by atoms with Gasteiger partial charge in [0.1, 0.15) is 17.2 Å². The molecule has 5 nitrogen and oxygen atoms in total. The molecule has 0 saturated carbocycles. The lowest BCUT2D eigenvalue weighted by molar-refractivity contribution is -0.153. The van der Waals surface area contributed by atoms with E-state index in [-0.39, 0.29) is 5.75 Å². The predicted octanol–water partition coefficient (Wildman–Crippen LogP) is 4.61. The minimum atomic E-state index is -4.39. The first-order chi connectivity index (χ1) is 12.8. The molecular weight excluding hydrogens is 379 g/mol. The van der Waals surface area contributed by atoms with E-state index >= 15 is 0 Å². The van der Waals surface area contributed by atoms with E-state index < -0.39 is 12.8 Å². The number of aliphatic imine (C=N–C) groups is 1. The van der Waals surface area contributed by atoms with Crippen LogP contribution in [0.3, 0.4) is 0 Å². The molecule has 1 aromatic carbocycles. The van der Waals surface area contributed by atoms with Gasteiger partial charge in [0.25, 0.3) is 0 Å². The van der Waals surface area contributed by atoms with Gasteiger partial charge in [0.2, 0.25) is 0 Å². The molecule has 0 aliphatic heterocycles. The van der Waals surface area contributed by atoms with Crippen molar-refractivity contribution in [1.29, 1.82) is 0 Å². The van der Waals surface area contributed by atoms with Gasteiger partial charge in [-0.1, -0.05) is 23.9 Å². The molecule has 0 spiro atoms. The van der Waals surface area contributed by atoms with Crippen LogP contribution in [-0.2, 0) is 5.75 Å². The molecule has 0 atom stereocenters. The van der Waals surface area contributed by atoms with E-state index in [2.05, 4.69) is 9.98 Å². The number of ether oxygens (including phenoxy) is 2. The Morgan fingerprint density at radius 3 is 2.63 bits per heavy atom. The SMILES string of the molecule is CCOc1ccccc1N=C(N)SCc1nccc(OCC(F)(F)F)c1C. The number of aromatic nitrogens is 1. The Kier molecular flexibility index (Phi) is 7.35. The van der Waals surface area contributed by atoms with Gasteiger partial charge in [-0.15, -0.1) is 0 Å². The highest BCUT2D eigenvalue weighted by molar-refractivity contribution is 8.13. The van der Waals surface area contributed by atoms with Gasteiger partial charge in [0.05, 0.1) is 12.3 Å². The molecule has 0 unspecified atom stereocenters. The molecule has 0 aliphatic rings. The third-order valence-electron chi connectivity index (χ3n) is 3.40. The van der Waals surface area contributed by atoms with Crippen LogP contribution < -0.4 is 15.2 Å². The summed E-state index contributed by atoms with van der Waals surface area (Å²) < 4.78 is 47.3. The summed E-state index contributed by atoms with van der Waals surface area (Å²) in [6.07, 6.45) is -2.98. The first-order valence-electron chi connectivity index (χ1n) is 8.13. The zero-order chi connectivity index (χ0) is 19.9. The fraction of sp³-hybridized carbons (Fsp3) is 0.333. The lowest BCUT2D eigenvalue weighted by Gasteiger charge is -2.13. The molecule has 0 radical (unpaired) electrons. The van der Waals surface area contributed by atoms with Crippen LogP contribution in [0.4, 0.5) is 18.9 Å². The Morgan fingerprint density at radius 2 is 1.93 bits per heavy atom. The van der Waals surface area contributed by atoms with E-state index in [0.717, 1.165) is 0 Å². The molecule has 1 aromatic heterocycles. The second-order valence-electron chi connectivity index (χ2n) is 5.42. The smallest absolute Gasteiger partial charge is 0.422 e. The van der Waals surface area contributed by atoms with Crippen LogP contribution in [0.15, 0.2) is 41.5 Å². The fourth-order valence-corrected chi connectivity index (χ4v) is 2.88. The Balaban J connectivity index is 2.06. The molecular formula is C18H20F3N3O2S. The molecule has 0 amide bonds. The van der Waals surface area contributed by atoms with E-state index in [0.29, 0.717) is 40.2 Å². The molecule has 9 heteroatoms. The number of hydrogen-bond acceptors (Lipinski definition) is 5. The van der Waals surface area contributed by atoms with Crippen LogP contribution >= 0.6 is 11.8 Å². The zero-order valence-electron chi connectivity index (χ0n) is 14.9. The number of thioether (sulfide) groups is 1. The van der Waals surface area contributed by atoms with Crippen LogP contribution in [0.2, 0.25) is 0 Å². The minimum absolute atomic E-state index is 0.148. The van der Waals surface area contributed by atoms with Gasteiger partial charge in [0.15, 0.2) is 11.8 Å². The summed E-state index contributed by atoms with van der Waals surface area (Å²) in [5.74, 6) is 1.12. The van der Waals surface area contributed by atoms with E-state index in [1.807, 2.05) is 19.1 Å². The number of para-hydroxylation sites is 2. The van der Waals surface area contributed by atoms with Crippen molar-refractivity contribution in [3.05, 3.63) is 47.8 Å². The molecule has 2 aromatic rings. The number of rotatable bonds is 7. The number of benzene rings is 1. The molecule has 27 heavy (non-hydrogen) atoms. The second kappa shape index (κ2) is 9.50. The average molecular weight is 399 g/mol. The average Bonchev–Trinajstić information content (AvgIpc) is 2.61. The lowest BCUT2D eigenvalue weighted by Crippen LogP contribution is -2.19. The third kappa shape index (κ3) is 6.67. The maximum absolute atomic E-state index is 12.3. The quantitative estimate of drug-likeness (QED) is 0.544. The lowest BCUT2D eigenvalue weighted by atomic mass is 10.2. The van der Waals surface area contributed by atoms with Crippen molar-refractivity contribution in [1.82, 2.24) is 4.98 Å². The van der Waals surface area contributed by atoms with Gasteiger partial charge < -0.3 is 15.2 Å². The van der Waals surface area contributed by atoms with E-state index in [1.54, 1.807) is 19.1 Å². The van der Waals surface area contributed by atoms with Gasteiger partial charge in [-0.25, -0.2) is 4.99 Å². The minimum Gasteiger partial charge on any atom is -0.492 e. The molecule has 0 fully saturated rings. The number of alkyl halides is 3. The van der Waals surface area contributed by atoms with Crippen molar-refractivity contribution in [2.75, 3.05) is 13.2 Å². The first kappa shape index (κ1) is 20.9. The van der Waals surface area contributed by atoms with Gasteiger partial charge in [0, 0.05) is 17.5 Å². The summed E-state index contributed by atoms with van der Waals surface area (Å²) in [6.45, 7) is 2.70. The number of pyridine rings is 1. The summed E-state index contributed by atoms with van der Waals surface area (Å²) in [5, 5.41) is 0.296. The van der Waals surface area contributed by atoms with Crippen molar-refractivity contribution < 1.29 is 22.6 Å². The maximum Gasteiger partial charge on any atom is 0.422 e. The van der Waals surface area contributed by atoms with E-state index in [4.69, 9.17) is 15.2 Å². The predicted molar refractivity (Wildman–Crippen MR) is 101 cm³/mol. The van der Waals surface area contributed by atoms with Gasteiger partial charge >= 0.3 is 6.18 Å². The summed E-state index contributed by atoms with van der Waals surface area (Å²) in [4.78, 5) is 8.53. The van der Waals surface area contributed by atoms with Crippen LogP contribution in [-0.4, -0.2) is 29.5 Å². The van der Waals surface area contributed by atoms with Crippen LogP contribution in [0.25, 0.3) is 0 Å². The van der Waals surface area contributed by atoms with Gasteiger partial charge in [-0.05, 0) is 32.0 Å². The van der Waals surface area contributed by atoms with Crippen molar-refractivity contribution in [2.45, 2.75) is 25.8 Å². The topological polar surface area (TPSA) is 69.7 Å². The Morgan fingerprint density at radius 1 is 1.19 bits per heavy atom. The van der Waals surface area contributed by atoms with Crippen molar-refractivity contribution in [3.8, 4) is 11.5 Å². The fourth-order valence-electron chi connectivity index (χ4n) is 2.14.